The molecule has 2 nitrogen and oxygen atoms in total. The van der Waals surface area contributed by atoms with Crippen molar-refractivity contribution in [2.24, 2.45) is 0 Å². The zero-order valence-electron chi connectivity index (χ0n) is 9.71. The minimum Gasteiger partial charge on any atom is -0.322 e. The molecule has 0 bridgehead atoms. The van der Waals surface area contributed by atoms with Crippen LogP contribution in [0.4, 0.5) is 5.69 Å². The molecule has 0 saturated carbocycles. The largest absolute Gasteiger partial charge is 0.322 e. The first kappa shape index (κ1) is 13.4. The van der Waals surface area contributed by atoms with Gasteiger partial charge in [-0.1, -0.05) is 23.7 Å². The standard InChI is InChI=1S/C14H11ClINO/c1-9-8-10(15)6-7-13(9)17-14(18)11-4-2-3-5-12(11)16/h2-8H,1H3,(H,17,18). The van der Waals surface area contributed by atoms with E-state index in [0.29, 0.717) is 10.6 Å². The second-order valence-electron chi connectivity index (χ2n) is 3.89. The molecule has 2 aromatic carbocycles. The van der Waals surface area contributed by atoms with Crippen LogP contribution < -0.4 is 5.32 Å². The van der Waals surface area contributed by atoms with E-state index in [0.717, 1.165) is 14.8 Å². The quantitative estimate of drug-likeness (QED) is 0.774. The molecule has 0 heterocycles. The molecule has 92 valence electrons. The van der Waals surface area contributed by atoms with Crippen molar-refractivity contribution >= 4 is 45.8 Å². The summed E-state index contributed by atoms with van der Waals surface area (Å²) in [4.78, 5) is 12.1. The van der Waals surface area contributed by atoms with Crippen LogP contribution in [0.2, 0.25) is 5.02 Å². The lowest BCUT2D eigenvalue weighted by Crippen LogP contribution is -2.14. The van der Waals surface area contributed by atoms with Gasteiger partial charge >= 0.3 is 0 Å². The van der Waals surface area contributed by atoms with Crippen molar-refractivity contribution in [1.82, 2.24) is 0 Å². The molecule has 0 spiro atoms. The lowest BCUT2D eigenvalue weighted by molar-refractivity contribution is 0.102. The summed E-state index contributed by atoms with van der Waals surface area (Å²) in [5.41, 5.74) is 2.40. The zero-order valence-corrected chi connectivity index (χ0v) is 12.6. The van der Waals surface area contributed by atoms with Gasteiger partial charge in [-0.2, -0.15) is 0 Å². The van der Waals surface area contributed by atoms with Crippen LogP contribution >= 0.6 is 34.2 Å². The van der Waals surface area contributed by atoms with Crippen molar-refractivity contribution in [2.45, 2.75) is 6.92 Å². The van der Waals surface area contributed by atoms with Crippen LogP contribution in [0.25, 0.3) is 0 Å². The van der Waals surface area contributed by atoms with E-state index in [4.69, 9.17) is 11.6 Å². The summed E-state index contributed by atoms with van der Waals surface area (Å²) >= 11 is 8.03. The first-order valence-corrected chi connectivity index (χ1v) is 6.85. The number of nitrogens with one attached hydrogen (secondary N) is 1. The van der Waals surface area contributed by atoms with Gasteiger partial charge in [0.25, 0.3) is 5.91 Å². The number of amides is 1. The molecule has 2 aromatic rings. The molecule has 0 aliphatic rings. The molecule has 0 radical (unpaired) electrons. The number of benzene rings is 2. The molecular formula is C14H11ClINO. The monoisotopic (exact) mass is 371 g/mol. The number of hydrogen-bond acceptors (Lipinski definition) is 1. The van der Waals surface area contributed by atoms with E-state index in [2.05, 4.69) is 27.9 Å². The van der Waals surface area contributed by atoms with Crippen molar-refractivity contribution < 1.29 is 4.79 Å². The molecule has 0 aromatic heterocycles. The summed E-state index contributed by atoms with van der Waals surface area (Å²) in [6.45, 7) is 1.91. The summed E-state index contributed by atoms with van der Waals surface area (Å²) in [7, 11) is 0. The van der Waals surface area contributed by atoms with Gasteiger partial charge in [-0.25, -0.2) is 0 Å². The van der Waals surface area contributed by atoms with Gasteiger partial charge < -0.3 is 5.32 Å². The highest BCUT2D eigenvalue weighted by Gasteiger charge is 2.10. The van der Waals surface area contributed by atoms with Gasteiger partial charge in [-0.3, -0.25) is 4.79 Å². The molecular weight excluding hydrogens is 361 g/mol. The van der Waals surface area contributed by atoms with Crippen LogP contribution in [-0.4, -0.2) is 5.91 Å². The highest BCUT2D eigenvalue weighted by atomic mass is 127. The van der Waals surface area contributed by atoms with Gasteiger partial charge in [0.2, 0.25) is 0 Å². The Labute approximate surface area is 124 Å². The van der Waals surface area contributed by atoms with Crippen molar-refractivity contribution in [2.75, 3.05) is 5.32 Å². The number of aryl methyl sites for hydroxylation is 1. The van der Waals surface area contributed by atoms with Gasteiger partial charge in [0.1, 0.15) is 0 Å². The average molecular weight is 372 g/mol. The summed E-state index contributed by atoms with van der Waals surface area (Å²) in [6, 6.07) is 12.9. The normalized spacial score (nSPS) is 10.2. The fraction of sp³-hybridized carbons (Fsp3) is 0.0714. The predicted octanol–water partition coefficient (Wildman–Crippen LogP) is 4.51. The highest BCUT2D eigenvalue weighted by molar-refractivity contribution is 14.1. The Morgan fingerprint density at radius 1 is 1.22 bits per heavy atom. The van der Waals surface area contributed by atoms with E-state index < -0.39 is 0 Å². The number of rotatable bonds is 2. The fourth-order valence-electron chi connectivity index (χ4n) is 1.60. The van der Waals surface area contributed by atoms with Gasteiger partial charge in [0, 0.05) is 14.3 Å². The molecule has 18 heavy (non-hydrogen) atoms. The van der Waals surface area contributed by atoms with E-state index >= 15 is 0 Å². The number of halogens is 2. The Balaban J connectivity index is 2.24. The second kappa shape index (κ2) is 5.71. The Morgan fingerprint density at radius 3 is 2.61 bits per heavy atom. The van der Waals surface area contributed by atoms with Crippen LogP contribution in [0.1, 0.15) is 15.9 Å². The van der Waals surface area contributed by atoms with Crippen LogP contribution in [0.15, 0.2) is 42.5 Å². The van der Waals surface area contributed by atoms with Crippen LogP contribution in [0.5, 0.6) is 0 Å². The Hall–Kier alpha value is -1.07. The summed E-state index contributed by atoms with van der Waals surface area (Å²) in [5.74, 6) is -0.106. The number of carbonyl (C=O) groups excluding carboxylic acids is 1. The highest BCUT2D eigenvalue weighted by Crippen LogP contribution is 2.21. The van der Waals surface area contributed by atoms with E-state index in [1.165, 1.54) is 0 Å². The fourth-order valence-corrected chi connectivity index (χ4v) is 2.46. The minimum absolute atomic E-state index is 0.106. The lowest BCUT2D eigenvalue weighted by Gasteiger charge is -2.09. The van der Waals surface area contributed by atoms with Crippen LogP contribution in [-0.2, 0) is 0 Å². The molecule has 0 unspecified atom stereocenters. The lowest BCUT2D eigenvalue weighted by atomic mass is 10.1. The average Bonchev–Trinajstić information content (AvgIpc) is 2.33. The molecule has 2 rings (SSSR count). The topological polar surface area (TPSA) is 29.1 Å². The van der Waals surface area contributed by atoms with Gasteiger partial charge in [-0.05, 0) is 65.4 Å². The smallest absolute Gasteiger partial charge is 0.256 e. The maximum absolute atomic E-state index is 12.1. The summed E-state index contributed by atoms with van der Waals surface area (Å²) in [6.07, 6.45) is 0. The molecule has 0 atom stereocenters. The van der Waals surface area contributed by atoms with E-state index in [1.807, 2.05) is 43.3 Å². The molecule has 0 saturated heterocycles. The number of anilines is 1. The van der Waals surface area contributed by atoms with Gasteiger partial charge in [0.15, 0.2) is 0 Å². The third kappa shape index (κ3) is 3.03. The van der Waals surface area contributed by atoms with Crippen molar-refractivity contribution in [3.63, 3.8) is 0 Å². The van der Waals surface area contributed by atoms with E-state index in [9.17, 15) is 4.79 Å². The minimum atomic E-state index is -0.106. The maximum atomic E-state index is 12.1. The van der Waals surface area contributed by atoms with E-state index in [-0.39, 0.29) is 5.91 Å². The number of hydrogen-bond donors (Lipinski definition) is 1. The Bertz CT molecular complexity index is 598. The second-order valence-corrected chi connectivity index (χ2v) is 5.49. The Morgan fingerprint density at radius 2 is 1.94 bits per heavy atom. The third-order valence-corrected chi connectivity index (χ3v) is 3.73. The first-order chi connectivity index (χ1) is 8.58. The summed E-state index contributed by atoms with van der Waals surface area (Å²) in [5, 5.41) is 3.56. The number of carbonyl (C=O) groups is 1. The molecule has 1 amide bonds. The Kier molecular flexibility index (Phi) is 4.24. The van der Waals surface area contributed by atoms with Crippen LogP contribution in [0, 0.1) is 10.5 Å². The molecule has 0 aliphatic carbocycles. The van der Waals surface area contributed by atoms with Gasteiger partial charge in [-0.15, -0.1) is 0 Å². The van der Waals surface area contributed by atoms with Crippen molar-refractivity contribution in [3.05, 3.63) is 62.2 Å². The van der Waals surface area contributed by atoms with Crippen LogP contribution in [0.3, 0.4) is 0 Å². The van der Waals surface area contributed by atoms with E-state index in [1.54, 1.807) is 6.07 Å². The molecule has 4 heteroatoms. The molecule has 1 N–H and O–H groups in total. The molecule has 0 fully saturated rings. The summed E-state index contributed by atoms with van der Waals surface area (Å²) < 4.78 is 0.930. The third-order valence-electron chi connectivity index (χ3n) is 2.56. The van der Waals surface area contributed by atoms with Crippen molar-refractivity contribution in [3.8, 4) is 0 Å². The van der Waals surface area contributed by atoms with Gasteiger partial charge in [0.05, 0.1) is 5.56 Å². The zero-order chi connectivity index (χ0) is 13.1. The maximum Gasteiger partial charge on any atom is 0.256 e. The molecule has 0 aliphatic heterocycles. The van der Waals surface area contributed by atoms with Crippen molar-refractivity contribution in [1.29, 1.82) is 0 Å². The SMILES string of the molecule is Cc1cc(Cl)ccc1NC(=O)c1ccccc1I. The predicted molar refractivity (Wildman–Crippen MR) is 83.3 cm³/mol. The first-order valence-electron chi connectivity index (χ1n) is 5.40.